The van der Waals surface area contributed by atoms with E-state index in [9.17, 15) is 9.90 Å². The van der Waals surface area contributed by atoms with Gasteiger partial charge >= 0.3 is 0 Å². The van der Waals surface area contributed by atoms with Crippen molar-refractivity contribution in [3.05, 3.63) is 12.1 Å². The number of nitrogens with zero attached hydrogens (tertiary/aromatic N) is 2. The molecule has 8 nitrogen and oxygen atoms in total. The van der Waals surface area contributed by atoms with Gasteiger partial charge in [0.25, 0.3) is 0 Å². The Balaban J connectivity index is 2.25. The number of amides is 1. The van der Waals surface area contributed by atoms with Gasteiger partial charge in [-0.25, -0.2) is 0 Å². The zero-order valence-electron chi connectivity index (χ0n) is 10.9. The van der Waals surface area contributed by atoms with Gasteiger partial charge in [0.05, 0.1) is 18.4 Å². The van der Waals surface area contributed by atoms with Gasteiger partial charge in [-0.2, -0.15) is 4.98 Å². The highest BCUT2D eigenvalue weighted by Gasteiger charge is 2.35. The Bertz CT molecular complexity index is 496. The molecule has 110 valence electrons. The van der Waals surface area contributed by atoms with Crippen molar-refractivity contribution in [3.63, 3.8) is 0 Å². The summed E-state index contributed by atoms with van der Waals surface area (Å²) in [6.45, 7) is 0.185. The molecule has 0 aliphatic carbocycles. The van der Waals surface area contributed by atoms with Crippen LogP contribution in [-0.4, -0.2) is 53.0 Å². The lowest BCUT2D eigenvalue weighted by Gasteiger charge is -2.23. The zero-order chi connectivity index (χ0) is 14.7. The number of ether oxygens (including phenoxy) is 1. The second kappa shape index (κ2) is 5.93. The summed E-state index contributed by atoms with van der Waals surface area (Å²) in [6, 6.07) is 2.62. The average molecular weight is 282 g/mol. The number of primary amides is 1. The predicted octanol–water partition coefficient (Wildman–Crippen LogP) is -1.54. The number of nitrogens with two attached hydrogens (primary N) is 2. The standard InChI is InChI=1S/C12H18N4O4/c13-8-1-2-10(15-12(8)20-4-3-17)16-6-7(18)5-9(16)11(14)19/h1-2,7,9,17-18H,3-6,13H2,(H2,14,19). The molecule has 20 heavy (non-hydrogen) atoms. The Morgan fingerprint density at radius 2 is 2.30 bits per heavy atom. The number of carbonyl (C=O) groups excluding carboxylic acids is 1. The molecule has 2 unspecified atom stereocenters. The van der Waals surface area contributed by atoms with Gasteiger partial charge in [0.1, 0.15) is 18.5 Å². The van der Waals surface area contributed by atoms with Crippen molar-refractivity contribution in [2.75, 3.05) is 30.4 Å². The smallest absolute Gasteiger partial charge is 0.240 e. The maximum Gasteiger partial charge on any atom is 0.240 e. The first-order valence-corrected chi connectivity index (χ1v) is 6.27. The molecule has 0 bridgehead atoms. The highest BCUT2D eigenvalue weighted by molar-refractivity contribution is 5.84. The lowest BCUT2D eigenvalue weighted by atomic mass is 10.2. The summed E-state index contributed by atoms with van der Waals surface area (Å²) in [4.78, 5) is 17.2. The number of aliphatic hydroxyl groups excluding tert-OH is 2. The largest absolute Gasteiger partial charge is 0.474 e. The normalized spacial score (nSPS) is 22.0. The SMILES string of the molecule is NC(=O)C1CC(O)CN1c1ccc(N)c(OCCO)n1. The fourth-order valence-corrected chi connectivity index (χ4v) is 2.20. The fraction of sp³-hybridized carbons (Fsp3) is 0.500. The number of aromatic nitrogens is 1. The molecule has 0 spiro atoms. The van der Waals surface area contributed by atoms with Crippen LogP contribution in [0.25, 0.3) is 0 Å². The van der Waals surface area contributed by atoms with Crippen LogP contribution in [-0.2, 0) is 4.79 Å². The predicted molar refractivity (Wildman–Crippen MR) is 72.2 cm³/mol. The summed E-state index contributed by atoms with van der Waals surface area (Å²) in [5.74, 6) is 0.117. The number of anilines is 2. The van der Waals surface area contributed by atoms with E-state index in [0.717, 1.165) is 0 Å². The first-order chi connectivity index (χ1) is 9.52. The Kier molecular flexibility index (Phi) is 4.26. The van der Waals surface area contributed by atoms with E-state index in [1.165, 1.54) is 0 Å². The summed E-state index contributed by atoms with van der Waals surface area (Å²) in [6.07, 6.45) is -0.359. The van der Waals surface area contributed by atoms with Gasteiger partial charge in [0.15, 0.2) is 0 Å². The molecular weight excluding hydrogens is 264 g/mol. The van der Waals surface area contributed by atoms with Crippen LogP contribution >= 0.6 is 0 Å². The van der Waals surface area contributed by atoms with Crippen molar-refractivity contribution in [3.8, 4) is 5.88 Å². The molecule has 2 atom stereocenters. The third-order valence-corrected chi connectivity index (χ3v) is 3.11. The third kappa shape index (κ3) is 2.91. The average Bonchev–Trinajstić information content (AvgIpc) is 2.80. The number of rotatable bonds is 5. The maximum atomic E-state index is 11.4. The van der Waals surface area contributed by atoms with Gasteiger partial charge in [-0.15, -0.1) is 0 Å². The van der Waals surface area contributed by atoms with Crippen LogP contribution < -0.4 is 21.1 Å². The first-order valence-electron chi connectivity index (χ1n) is 6.27. The van der Waals surface area contributed by atoms with Gasteiger partial charge in [0, 0.05) is 13.0 Å². The fourth-order valence-electron chi connectivity index (χ4n) is 2.20. The molecule has 2 rings (SSSR count). The molecule has 2 heterocycles. The van der Waals surface area contributed by atoms with E-state index in [4.69, 9.17) is 21.3 Å². The molecule has 0 saturated carbocycles. The molecule has 1 fully saturated rings. The highest BCUT2D eigenvalue weighted by Crippen LogP contribution is 2.28. The molecule has 1 aromatic rings. The van der Waals surface area contributed by atoms with Gasteiger partial charge in [-0.1, -0.05) is 0 Å². The zero-order valence-corrected chi connectivity index (χ0v) is 10.9. The molecular formula is C12H18N4O4. The van der Waals surface area contributed by atoms with E-state index in [2.05, 4.69) is 4.98 Å². The molecule has 1 aromatic heterocycles. The minimum absolute atomic E-state index is 0.0720. The topological polar surface area (TPSA) is 135 Å². The number of β-amino-alcohol motifs (C(OH)–C–C–N with tert-alkyl or cyclic N) is 1. The molecule has 1 saturated heterocycles. The number of hydrogen-bond acceptors (Lipinski definition) is 7. The van der Waals surface area contributed by atoms with E-state index in [1.807, 2.05) is 0 Å². The third-order valence-electron chi connectivity index (χ3n) is 3.11. The molecule has 1 aliphatic heterocycles. The monoisotopic (exact) mass is 282 g/mol. The van der Waals surface area contributed by atoms with Gasteiger partial charge < -0.3 is 31.3 Å². The molecule has 0 aromatic carbocycles. The lowest BCUT2D eigenvalue weighted by Crippen LogP contribution is -2.40. The van der Waals surface area contributed by atoms with Crippen molar-refractivity contribution < 1.29 is 19.7 Å². The lowest BCUT2D eigenvalue weighted by molar-refractivity contribution is -0.119. The number of carbonyl (C=O) groups is 1. The van der Waals surface area contributed by atoms with Crippen LogP contribution in [0.5, 0.6) is 5.88 Å². The number of pyridine rings is 1. The Labute approximate surface area is 116 Å². The van der Waals surface area contributed by atoms with E-state index in [-0.39, 0.29) is 32.1 Å². The Hall–Kier alpha value is -2.06. The molecule has 8 heteroatoms. The number of hydrogen-bond donors (Lipinski definition) is 4. The minimum Gasteiger partial charge on any atom is -0.474 e. The second-order valence-electron chi connectivity index (χ2n) is 4.60. The molecule has 1 amide bonds. The summed E-state index contributed by atoms with van der Waals surface area (Å²) in [5.41, 5.74) is 11.4. The van der Waals surface area contributed by atoms with Crippen LogP contribution in [0, 0.1) is 0 Å². The van der Waals surface area contributed by atoms with E-state index >= 15 is 0 Å². The number of aliphatic hydroxyl groups is 2. The van der Waals surface area contributed by atoms with Gasteiger partial charge in [-0.05, 0) is 12.1 Å². The number of nitrogen functional groups attached to an aromatic ring is 1. The van der Waals surface area contributed by atoms with Crippen molar-refractivity contribution in [1.29, 1.82) is 0 Å². The van der Waals surface area contributed by atoms with Crippen LogP contribution in [0.2, 0.25) is 0 Å². The maximum absolute atomic E-state index is 11.4. The van der Waals surface area contributed by atoms with E-state index < -0.39 is 18.1 Å². The molecule has 0 radical (unpaired) electrons. The minimum atomic E-state index is -0.631. The van der Waals surface area contributed by atoms with Crippen LogP contribution in [0.3, 0.4) is 0 Å². The summed E-state index contributed by atoms with van der Waals surface area (Å²) >= 11 is 0. The van der Waals surface area contributed by atoms with Gasteiger partial charge in [-0.3, -0.25) is 4.79 Å². The van der Waals surface area contributed by atoms with Crippen molar-refractivity contribution >= 4 is 17.4 Å². The first kappa shape index (κ1) is 14.4. The Morgan fingerprint density at radius 1 is 1.55 bits per heavy atom. The summed E-state index contributed by atoms with van der Waals surface area (Å²) in [5, 5.41) is 18.4. The second-order valence-corrected chi connectivity index (χ2v) is 4.60. The van der Waals surface area contributed by atoms with Gasteiger partial charge in [0.2, 0.25) is 11.8 Å². The Morgan fingerprint density at radius 3 is 2.95 bits per heavy atom. The van der Waals surface area contributed by atoms with E-state index in [0.29, 0.717) is 11.5 Å². The van der Waals surface area contributed by atoms with Crippen LogP contribution in [0.1, 0.15) is 6.42 Å². The summed E-state index contributed by atoms with van der Waals surface area (Å²) < 4.78 is 5.22. The van der Waals surface area contributed by atoms with E-state index in [1.54, 1.807) is 17.0 Å². The van der Waals surface area contributed by atoms with Crippen molar-refractivity contribution in [1.82, 2.24) is 4.98 Å². The highest BCUT2D eigenvalue weighted by atomic mass is 16.5. The van der Waals surface area contributed by atoms with Crippen LogP contribution in [0.15, 0.2) is 12.1 Å². The molecule has 6 N–H and O–H groups in total. The van der Waals surface area contributed by atoms with Crippen molar-refractivity contribution in [2.24, 2.45) is 5.73 Å². The van der Waals surface area contributed by atoms with Crippen molar-refractivity contribution in [2.45, 2.75) is 18.6 Å². The summed E-state index contributed by atoms with van der Waals surface area (Å²) in [7, 11) is 0. The quantitative estimate of drug-likeness (QED) is 0.514. The molecule has 1 aliphatic rings. The van der Waals surface area contributed by atoms with Crippen LogP contribution in [0.4, 0.5) is 11.5 Å².